The molecule has 1 fully saturated rings. The van der Waals surface area contributed by atoms with E-state index in [1.165, 1.54) is 186 Å². The van der Waals surface area contributed by atoms with E-state index < -0.39 is 0 Å². The lowest BCUT2D eigenvalue weighted by Crippen LogP contribution is -2.33. The van der Waals surface area contributed by atoms with Crippen LogP contribution in [0.25, 0.3) is 0 Å². The fraction of sp³-hybridized carbons (Fsp3) is 0.564. The van der Waals surface area contributed by atoms with Gasteiger partial charge in [-0.25, -0.2) is 0 Å². The average Bonchev–Trinajstić information content (AvgIpc) is 3.22. The predicted octanol–water partition coefficient (Wildman–Crippen LogP) is 16.3. The number of hydrogen-bond acceptors (Lipinski definition) is 2. The first-order valence-corrected chi connectivity index (χ1v) is 23.7. The number of nitrogen functional groups attached to an aromatic ring is 2. The van der Waals surface area contributed by atoms with E-state index in [1.54, 1.807) is 0 Å². The number of rotatable bonds is 24. The molecule has 0 bridgehead atoms. The maximum Gasteiger partial charge on any atom is 0.0316 e. The van der Waals surface area contributed by atoms with E-state index in [9.17, 15) is 0 Å². The van der Waals surface area contributed by atoms with Gasteiger partial charge in [-0.3, -0.25) is 0 Å². The van der Waals surface area contributed by atoms with Crippen molar-refractivity contribution in [2.24, 2.45) is 5.92 Å². The summed E-state index contributed by atoms with van der Waals surface area (Å²) in [6.07, 6.45) is 28.8. The first-order chi connectivity index (χ1) is 27.8. The molecule has 0 heterocycles. The number of anilines is 2. The second-order valence-corrected chi connectivity index (χ2v) is 18.2. The second-order valence-electron chi connectivity index (χ2n) is 18.2. The van der Waals surface area contributed by atoms with Crippen LogP contribution in [0, 0.1) is 19.8 Å². The van der Waals surface area contributed by atoms with E-state index in [4.69, 9.17) is 11.5 Å². The summed E-state index contributed by atoms with van der Waals surface area (Å²) in [6.45, 7) is 11.4. The molecule has 4 aromatic rings. The van der Waals surface area contributed by atoms with Gasteiger partial charge in [-0.15, -0.1) is 0 Å². The topological polar surface area (TPSA) is 52.0 Å². The van der Waals surface area contributed by atoms with E-state index in [0.29, 0.717) is 11.8 Å². The zero-order valence-corrected chi connectivity index (χ0v) is 37.0. The summed E-state index contributed by atoms with van der Waals surface area (Å²) in [6, 6.07) is 33.3. The second kappa shape index (κ2) is 23.2. The summed E-state index contributed by atoms with van der Waals surface area (Å²) in [4.78, 5) is 0. The zero-order chi connectivity index (χ0) is 40.5. The van der Waals surface area contributed by atoms with Gasteiger partial charge in [0, 0.05) is 28.6 Å². The Hall–Kier alpha value is -3.52. The van der Waals surface area contributed by atoms with Crippen molar-refractivity contribution >= 4 is 11.4 Å². The molecule has 0 aromatic heterocycles. The highest BCUT2D eigenvalue weighted by molar-refractivity contribution is 5.51. The molecule has 1 aliphatic rings. The Morgan fingerprint density at radius 2 is 0.877 bits per heavy atom. The van der Waals surface area contributed by atoms with E-state index in [-0.39, 0.29) is 5.41 Å². The van der Waals surface area contributed by atoms with Gasteiger partial charge in [0.15, 0.2) is 0 Å². The fourth-order valence-corrected chi connectivity index (χ4v) is 10.4. The third-order valence-corrected chi connectivity index (χ3v) is 13.9. The molecule has 5 rings (SSSR count). The monoisotopic (exact) mass is 769 g/mol. The van der Waals surface area contributed by atoms with Gasteiger partial charge in [0.1, 0.15) is 0 Å². The number of nitrogens with two attached hydrogens (primary N) is 2. The molecule has 2 nitrogen and oxygen atoms in total. The van der Waals surface area contributed by atoms with Crippen LogP contribution in [0.15, 0.2) is 84.9 Å². The highest BCUT2D eigenvalue weighted by atomic mass is 14.5. The largest absolute Gasteiger partial charge is 0.399 e. The molecule has 57 heavy (non-hydrogen) atoms. The molecule has 4 N–H and O–H groups in total. The number of benzene rings is 4. The van der Waals surface area contributed by atoms with Crippen LogP contribution in [0.2, 0.25) is 0 Å². The van der Waals surface area contributed by atoms with Crippen molar-refractivity contribution in [3.8, 4) is 0 Å². The number of aryl methyl sites for hydroxylation is 2. The third-order valence-electron chi connectivity index (χ3n) is 13.9. The van der Waals surface area contributed by atoms with Crippen molar-refractivity contribution in [3.05, 3.63) is 129 Å². The van der Waals surface area contributed by atoms with Crippen molar-refractivity contribution in [2.45, 2.75) is 193 Å². The van der Waals surface area contributed by atoms with E-state index in [2.05, 4.69) is 120 Å². The minimum atomic E-state index is 0.0517. The molecule has 310 valence electrons. The molecule has 2 unspecified atom stereocenters. The first-order valence-electron chi connectivity index (χ1n) is 23.7. The van der Waals surface area contributed by atoms with Crippen LogP contribution in [0.1, 0.15) is 218 Å². The van der Waals surface area contributed by atoms with Crippen LogP contribution in [-0.4, -0.2) is 0 Å². The maximum atomic E-state index is 6.25. The lowest BCUT2D eigenvalue weighted by atomic mass is 9.62. The van der Waals surface area contributed by atoms with Crippen molar-refractivity contribution < 1.29 is 0 Å². The lowest BCUT2D eigenvalue weighted by Gasteiger charge is -2.42. The highest BCUT2D eigenvalue weighted by Crippen LogP contribution is 2.48. The van der Waals surface area contributed by atoms with Gasteiger partial charge >= 0.3 is 0 Å². The Morgan fingerprint density at radius 1 is 0.491 bits per heavy atom. The quantitative estimate of drug-likeness (QED) is 0.0551. The molecule has 0 radical (unpaired) electrons. The molecular formula is C55H80N2. The molecule has 0 aliphatic heterocycles. The van der Waals surface area contributed by atoms with Crippen molar-refractivity contribution in [1.29, 1.82) is 0 Å². The Labute approximate surface area is 350 Å². The van der Waals surface area contributed by atoms with Crippen molar-refractivity contribution in [1.82, 2.24) is 0 Å². The Kier molecular flexibility index (Phi) is 18.1. The summed E-state index contributed by atoms with van der Waals surface area (Å²) >= 11 is 0. The molecule has 0 amide bonds. The van der Waals surface area contributed by atoms with Crippen LogP contribution in [0.3, 0.4) is 0 Å². The fourth-order valence-electron chi connectivity index (χ4n) is 10.4. The standard InChI is InChI=1S/C55H80N2/c1-6-9-12-14-16-19-22-53(51-34-32-49(56)40-42(51)4)45-24-28-47(29-25-45)55(38-36-44(37-39-55)21-18-11-8-3)48-30-26-46(27-31-48)54(23-20-17-15-13-10-7-2)52-35-33-50(57)41-43(52)5/h24-35,40-41,44,53-54H,6-23,36-39,56-57H2,1-5H3. The Bertz CT molecular complexity index is 1610. The van der Waals surface area contributed by atoms with Gasteiger partial charge in [0.2, 0.25) is 0 Å². The van der Waals surface area contributed by atoms with Gasteiger partial charge in [-0.05, 0) is 127 Å². The first kappa shape index (κ1) is 44.6. The molecule has 4 aromatic carbocycles. The van der Waals surface area contributed by atoms with Gasteiger partial charge in [-0.1, -0.05) is 184 Å². The molecule has 1 aliphatic carbocycles. The Morgan fingerprint density at radius 3 is 1.28 bits per heavy atom. The van der Waals surface area contributed by atoms with Gasteiger partial charge in [0.05, 0.1) is 0 Å². The van der Waals surface area contributed by atoms with E-state index >= 15 is 0 Å². The van der Waals surface area contributed by atoms with E-state index in [1.807, 2.05) is 0 Å². The molecule has 1 saturated carbocycles. The minimum Gasteiger partial charge on any atom is -0.399 e. The van der Waals surface area contributed by atoms with Gasteiger partial charge in [-0.2, -0.15) is 0 Å². The van der Waals surface area contributed by atoms with Crippen molar-refractivity contribution in [3.63, 3.8) is 0 Å². The predicted molar refractivity (Wildman–Crippen MR) is 251 cm³/mol. The molecule has 2 heteroatoms. The molecule has 0 spiro atoms. The van der Waals surface area contributed by atoms with Crippen LogP contribution in [-0.2, 0) is 5.41 Å². The summed E-state index contributed by atoms with van der Waals surface area (Å²) in [5.74, 6) is 1.65. The SMILES string of the molecule is CCCCCCCCC(c1ccc(C2(c3ccc(C(CCCCCCCC)c4ccc(N)cc4C)cc3)CCC(CCCCC)CC2)cc1)c1ccc(N)cc1C. The average molecular weight is 769 g/mol. The zero-order valence-electron chi connectivity index (χ0n) is 37.0. The van der Waals surface area contributed by atoms with Crippen LogP contribution < -0.4 is 11.5 Å². The van der Waals surface area contributed by atoms with Crippen LogP contribution in [0.4, 0.5) is 11.4 Å². The Balaban J connectivity index is 1.44. The van der Waals surface area contributed by atoms with Crippen LogP contribution in [0.5, 0.6) is 0 Å². The minimum absolute atomic E-state index is 0.0517. The summed E-state index contributed by atoms with van der Waals surface area (Å²) in [5.41, 5.74) is 25.7. The number of hydrogen-bond donors (Lipinski definition) is 2. The highest BCUT2D eigenvalue weighted by Gasteiger charge is 2.38. The lowest BCUT2D eigenvalue weighted by molar-refractivity contribution is 0.250. The summed E-state index contributed by atoms with van der Waals surface area (Å²) in [5, 5.41) is 0. The molecular weight excluding hydrogens is 689 g/mol. The van der Waals surface area contributed by atoms with Gasteiger partial charge < -0.3 is 11.5 Å². The summed E-state index contributed by atoms with van der Waals surface area (Å²) in [7, 11) is 0. The summed E-state index contributed by atoms with van der Waals surface area (Å²) < 4.78 is 0. The van der Waals surface area contributed by atoms with Gasteiger partial charge in [0.25, 0.3) is 0 Å². The third kappa shape index (κ3) is 12.5. The van der Waals surface area contributed by atoms with Crippen molar-refractivity contribution in [2.75, 3.05) is 11.5 Å². The smallest absolute Gasteiger partial charge is 0.0316 e. The molecule has 2 atom stereocenters. The van der Waals surface area contributed by atoms with Crippen LogP contribution >= 0.6 is 0 Å². The molecule has 0 saturated heterocycles. The number of unbranched alkanes of at least 4 members (excludes halogenated alkanes) is 12. The normalized spacial score (nSPS) is 18.1. The maximum absolute atomic E-state index is 6.25. The van der Waals surface area contributed by atoms with E-state index in [0.717, 1.165) is 17.3 Å².